The van der Waals surface area contributed by atoms with Crippen LogP contribution in [-0.2, 0) is 20.9 Å². The summed E-state index contributed by atoms with van der Waals surface area (Å²) in [7, 11) is 1.53. The second kappa shape index (κ2) is 9.72. The maximum Gasteiger partial charge on any atom is 0.338 e. The van der Waals surface area contributed by atoms with E-state index >= 15 is 0 Å². The van der Waals surface area contributed by atoms with Crippen molar-refractivity contribution in [3.8, 4) is 17.6 Å². The van der Waals surface area contributed by atoms with Gasteiger partial charge >= 0.3 is 5.97 Å². The number of carbonyl (C=O) groups excluding carboxylic acids is 1. The predicted molar refractivity (Wildman–Crippen MR) is 114 cm³/mol. The summed E-state index contributed by atoms with van der Waals surface area (Å²) in [5.41, 5.74) is 7.96. The van der Waals surface area contributed by atoms with Crippen molar-refractivity contribution >= 4 is 5.97 Å². The van der Waals surface area contributed by atoms with Crippen LogP contribution in [0.3, 0.4) is 0 Å². The number of benzene rings is 2. The van der Waals surface area contributed by atoms with Crippen molar-refractivity contribution in [2.45, 2.75) is 26.4 Å². The normalized spacial score (nSPS) is 15.7. The van der Waals surface area contributed by atoms with Crippen molar-refractivity contribution in [3.63, 3.8) is 0 Å². The van der Waals surface area contributed by atoms with Crippen molar-refractivity contribution in [1.29, 1.82) is 5.26 Å². The zero-order valence-electron chi connectivity index (χ0n) is 17.7. The van der Waals surface area contributed by atoms with Gasteiger partial charge in [0.2, 0.25) is 5.88 Å². The molecule has 0 saturated carbocycles. The van der Waals surface area contributed by atoms with E-state index in [1.807, 2.05) is 30.3 Å². The van der Waals surface area contributed by atoms with E-state index in [-0.39, 0.29) is 23.6 Å². The first-order valence-corrected chi connectivity index (χ1v) is 9.80. The molecule has 1 aliphatic rings. The van der Waals surface area contributed by atoms with Crippen LogP contribution in [-0.4, -0.2) is 19.7 Å². The van der Waals surface area contributed by atoms with E-state index in [0.717, 1.165) is 5.56 Å². The molecular formula is C24H24N2O5. The molecule has 0 aliphatic carbocycles. The molecule has 0 radical (unpaired) electrons. The molecule has 7 nitrogen and oxygen atoms in total. The summed E-state index contributed by atoms with van der Waals surface area (Å²) in [5, 5.41) is 9.70. The van der Waals surface area contributed by atoms with Crippen LogP contribution in [0.1, 0.15) is 30.9 Å². The highest BCUT2D eigenvalue weighted by molar-refractivity contribution is 5.92. The maximum atomic E-state index is 12.7. The third-order valence-corrected chi connectivity index (χ3v) is 4.86. The Balaban J connectivity index is 1.99. The topological polar surface area (TPSA) is 104 Å². The molecule has 31 heavy (non-hydrogen) atoms. The zero-order valence-corrected chi connectivity index (χ0v) is 17.7. The highest BCUT2D eigenvalue weighted by Gasteiger charge is 2.36. The van der Waals surface area contributed by atoms with Crippen molar-refractivity contribution < 1.29 is 23.7 Å². The van der Waals surface area contributed by atoms with Gasteiger partial charge in [0, 0.05) is 0 Å². The second-order valence-electron chi connectivity index (χ2n) is 6.80. The van der Waals surface area contributed by atoms with Gasteiger partial charge in [0.25, 0.3) is 0 Å². The van der Waals surface area contributed by atoms with Crippen LogP contribution < -0.4 is 15.2 Å². The fourth-order valence-electron chi connectivity index (χ4n) is 3.41. The lowest BCUT2D eigenvalue weighted by Crippen LogP contribution is -2.25. The highest BCUT2D eigenvalue weighted by atomic mass is 16.5. The van der Waals surface area contributed by atoms with E-state index in [1.165, 1.54) is 7.11 Å². The summed E-state index contributed by atoms with van der Waals surface area (Å²) in [5.74, 6) is -0.0408. The minimum Gasteiger partial charge on any atom is -0.493 e. The van der Waals surface area contributed by atoms with Gasteiger partial charge in [-0.1, -0.05) is 36.4 Å². The molecule has 2 aromatic rings. The van der Waals surface area contributed by atoms with Gasteiger partial charge in [-0.3, -0.25) is 0 Å². The number of carbonyl (C=O) groups is 1. The molecule has 0 fully saturated rings. The number of rotatable bonds is 7. The highest BCUT2D eigenvalue weighted by Crippen LogP contribution is 2.42. The molecule has 1 atom stereocenters. The molecule has 0 bridgehead atoms. The molecule has 0 amide bonds. The number of hydrogen-bond acceptors (Lipinski definition) is 7. The monoisotopic (exact) mass is 420 g/mol. The Bertz CT molecular complexity index is 1070. The SMILES string of the molecule is CCOC(=O)C1=C(C)OC(N)=C(C#N)C1c1ccc(OCc2ccccc2)c(OC)c1. The van der Waals surface area contributed by atoms with E-state index < -0.39 is 11.9 Å². The number of hydrogen-bond donors (Lipinski definition) is 1. The van der Waals surface area contributed by atoms with Gasteiger partial charge in [0.05, 0.1) is 25.2 Å². The molecule has 7 heteroatoms. The molecule has 160 valence electrons. The predicted octanol–water partition coefficient (Wildman–Crippen LogP) is 3.92. The minimum absolute atomic E-state index is 0.0404. The van der Waals surface area contributed by atoms with Gasteiger partial charge in [-0.15, -0.1) is 0 Å². The standard InChI is InChI=1S/C24H24N2O5/c1-4-29-24(27)21-15(2)31-23(26)18(13-25)22(21)17-10-11-19(20(12-17)28-3)30-14-16-8-6-5-7-9-16/h5-12,22H,4,14,26H2,1-3H3. The lowest BCUT2D eigenvalue weighted by atomic mass is 9.83. The van der Waals surface area contributed by atoms with Crippen LogP contribution in [0.5, 0.6) is 11.5 Å². The minimum atomic E-state index is -0.741. The summed E-state index contributed by atoms with van der Waals surface area (Å²) in [4.78, 5) is 12.7. The molecule has 2 N–H and O–H groups in total. The summed E-state index contributed by atoms with van der Waals surface area (Å²) in [6, 6.07) is 17.1. The fraction of sp³-hybridized carbons (Fsp3) is 0.250. The van der Waals surface area contributed by atoms with Crippen LogP contribution in [0, 0.1) is 11.3 Å². The first-order valence-electron chi connectivity index (χ1n) is 9.80. The average Bonchev–Trinajstić information content (AvgIpc) is 2.78. The Morgan fingerprint density at radius 3 is 2.58 bits per heavy atom. The molecule has 0 aromatic heterocycles. The Morgan fingerprint density at radius 2 is 1.94 bits per heavy atom. The molecule has 1 aliphatic heterocycles. The number of ether oxygens (including phenoxy) is 4. The quantitative estimate of drug-likeness (QED) is 0.677. The Hall–Kier alpha value is -3.92. The van der Waals surface area contributed by atoms with Gasteiger partial charge in [0.1, 0.15) is 24.0 Å². The first kappa shape index (κ1) is 21.8. The maximum absolute atomic E-state index is 12.7. The van der Waals surface area contributed by atoms with Gasteiger partial charge < -0.3 is 24.7 Å². The lowest BCUT2D eigenvalue weighted by molar-refractivity contribution is -0.139. The van der Waals surface area contributed by atoms with Gasteiger partial charge in [-0.25, -0.2) is 4.79 Å². The Labute approximate surface area is 181 Å². The van der Waals surface area contributed by atoms with Crippen molar-refractivity contribution in [2.24, 2.45) is 5.73 Å². The van der Waals surface area contributed by atoms with Crippen LogP contribution in [0.4, 0.5) is 0 Å². The fourth-order valence-corrected chi connectivity index (χ4v) is 3.41. The largest absolute Gasteiger partial charge is 0.493 e. The summed E-state index contributed by atoms with van der Waals surface area (Å²) in [6.07, 6.45) is 0. The molecule has 0 spiro atoms. The zero-order chi connectivity index (χ0) is 22.4. The molecular weight excluding hydrogens is 396 g/mol. The van der Waals surface area contributed by atoms with E-state index in [2.05, 4.69) is 6.07 Å². The molecule has 3 rings (SSSR count). The number of nitrogens with zero attached hydrogens (tertiary/aromatic N) is 1. The molecule has 2 aromatic carbocycles. The third-order valence-electron chi connectivity index (χ3n) is 4.86. The lowest BCUT2D eigenvalue weighted by Gasteiger charge is -2.27. The van der Waals surface area contributed by atoms with Gasteiger partial charge in [0.15, 0.2) is 11.5 Å². The number of allylic oxidation sites excluding steroid dienone is 2. The molecule has 1 heterocycles. The molecule has 0 saturated heterocycles. The molecule has 1 unspecified atom stereocenters. The van der Waals surface area contributed by atoms with Crippen LogP contribution in [0.15, 0.2) is 71.3 Å². The van der Waals surface area contributed by atoms with E-state index in [1.54, 1.807) is 32.0 Å². The summed E-state index contributed by atoms with van der Waals surface area (Å²) >= 11 is 0. The number of esters is 1. The van der Waals surface area contributed by atoms with E-state index in [0.29, 0.717) is 29.4 Å². The number of nitriles is 1. The number of nitrogens with two attached hydrogens (primary N) is 1. The van der Waals surface area contributed by atoms with E-state index in [9.17, 15) is 10.1 Å². The number of methoxy groups -OCH3 is 1. The van der Waals surface area contributed by atoms with E-state index in [4.69, 9.17) is 24.7 Å². The van der Waals surface area contributed by atoms with Gasteiger partial charge in [-0.05, 0) is 37.1 Å². The smallest absolute Gasteiger partial charge is 0.338 e. The average molecular weight is 420 g/mol. The first-order chi connectivity index (χ1) is 15.0. The third kappa shape index (κ3) is 4.64. The Kier molecular flexibility index (Phi) is 6.83. The van der Waals surface area contributed by atoms with Gasteiger partial charge in [-0.2, -0.15) is 5.26 Å². The van der Waals surface area contributed by atoms with Crippen molar-refractivity contribution in [3.05, 3.63) is 82.4 Å². The van der Waals surface area contributed by atoms with Crippen LogP contribution in [0.2, 0.25) is 0 Å². The second-order valence-corrected chi connectivity index (χ2v) is 6.80. The van der Waals surface area contributed by atoms with Crippen LogP contribution >= 0.6 is 0 Å². The Morgan fingerprint density at radius 1 is 1.19 bits per heavy atom. The summed E-state index contributed by atoms with van der Waals surface area (Å²) < 4.78 is 22.1. The van der Waals surface area contributed by atoms with Crippen molar-refractivity contribution in [1.82, 2.24) is 0 Å². The summed E-state index contributed by atoms with van der Waals surface area (Å²) in [6.45, 7) is 3.90. The van der Waals surface area contributed by atoms with Crippen LogP contribution in [0.25, 0.3) is 0 Å². The van der Waals surface area contributed by atoms with Crippen molar-refractivity contribution in [2.75, 3.05) is 13.7 Å².